The fraction of sp³-hybridized carbons (Fsp3) is 0.429. The molecule has 0 bridgehead atoms. The summed E-state index contributed by atoms with van der Waals surface area (Å²) in [6.07, 6.45) is 1.20. The number of hydrogen-bond acceptors (Lipinski definition) is 3. The first-order valence-electron chi connectivity index (χ1n) is 5.94. The van der Waals surface area contributed by atoms with Crippen LogP contribution in [0.3, 0.4) is 0 Å². The van der Waals surface area contributed by atoms with Crippen molar-refractivity contribution in [2.75, 3.05) is 18.0 Å². The van der Waals surface area contributed by atoms with Crippen LogP contribution in [0.4, 0.5) is 5.69 Å². The molecule has 0 atom stereocenters. The van der Waals surface area contributed by atoms with Gasteiger partial charge in [0.1, 0.15) is 5.41 Å². The summed E-state index contributed by atoms with van der Waals surface area (Å²) in [5, 5.41) is 18.9. The van der Waals surface area contributed by atoms with Gasteiger partial charge >= 0.3 is 0 Å². The average Bonchev–Trinajstić information content (AvgIpc) is 2.39. The third-order valence-electron chi connectivity index (χ3n) is 3.54. The van der Waals surface area contributed by atoms with Gasteiger partial charge in [-0.1, -0.05) is 11.6 Å². The SMILES string of the molecule is Cc1cc(Cl)ccc1N1CCC(C#N)(C#N)CC1. The van der Waals surface area contributed by atoms with Crippen LogP contribution >= 0.6 is 11.6 Å². The molecule has 0 unspecified atom stereocenters. The van der Waals surface area contributed by atoms with Crippen LogP contribution in [-0.2, 0) is 0 Å². The van der Waals surface area contributed by atoms with Crippen molar-refractivity contribution in [2.45, 2.75) is 19.8 Å². The third kappa shape index (κ3) is 2.28. The Balaban J connectivity index is 2.16. The molecule has 4 heteroatoms. The number of halogens is 1. The minimum absolute atomic E-state index is 0.599. The van der Waals surface area contributed by atoms with Gasteiger partial charge in [0.25, 0.3) is 0 Å². The van der Waals surface area contributed by atoms with E-state index in [9.17, 15) is 0 Å². The summed E-state index contributed by atoms with van der Waals surface area (Å²) in [6.45, 7) is 3.50. The van der Waals surface area contributed by atoms with Crippen LogP contribution in [0.25, 0.3) is 0 Å². The van der Waals surface area contributed by atoms with E-state index in [0.29, 0.717) is 12.8 Å². The van der Waals surface area contributed by atoms with E-state index >= 15 is 0 Å². The fourth-order valence-electron chi connectivity index (χ4n) is 2.35. The molecule has 1 aromatic carbocycles. The van der Waals surface area contributed by atoms with Crippen molar-refractivity contribution < 1.29 is 0 Å². The van der Waals surface area contributed by atoms with Gasteiger partial charge in [0.15, 0.2) is 0 Å². The second kappa shape index (κ2) is 4.88. The number of aryl methyl sites for hydroxylation is 1. The van der Waals surface area contributed by atoms with E-state index in [1.807, 2.05) is 25.1 Å². The van der Waals surface area contributed by atoms with Crippen molar-refractivity contribution in [2.24, 2.45) is 5.41 Å². The van der Waals surface area contributed by atoms with Gasteiger partial charge in [-0.3, -0.25) is 0 Å². The topological polar surface area (TPSA) is 50.8 Å². The van der Waals surface area contributed by atoms with Gasteiger partial charge in [0.05, 0.1) is 12.1 Å². The van der Waals surface area contributed by atoms with Crippen LogP contribution in [-0.4, -0.2) is 13.1 Å². The highest BCUT2D eigenvalue weighted by Crippen LogP contribution is 2.33. The molecule has 1 saturated heterocycles. The number of piperidine rings is 1. The third-order valence-corrected chi connectivity index (χ3v) is 3.78. The quantitative estimate of drug-likeness (QED) is 0.778. The summed E-state index contributed by atoms with van der Waals surface area (Å²) < 4.78 is 0. The summed E-state index contributed by atoms with van der Waals surface area (Å²) in [4.78, 5) is 2.22. The van der Waals surface area contributed by atoms with Crippen LogP contribution in [0, 0.1) is 35.0 Å². The number of anilines is 1. The van der Waals surface area contributed by atoms with Crippen LogP contribution < -0.4 is 4.90 Å². The van der Waals surface area contributed by atoms with Gasteiger partial charge in [-0.25, -0.2) is 0 Å². The number of rotatable bonds is 1. The lowest BCUT2D eigenvalue weighted by molar-refractivity contribution is 0.393. The molecular weight excluding hydrogens is 246 g/mol. The van der Waals surface area contributed by atoms with E-state index in [1.54, 1.807) is 0 Å². The van der Waals surface area contributed by atoms with Gasteiger partial charge in [-0.05, 0) is 43.5 Å². The summed E-state index contributed by atoms with van der Waals surface area (Å²) >= 11 is 5.94. The first kappa shape index (κ1) is 12.7. The van der Waals surface area contributed by atoms with Crippen molar-refractivity contribution in [1.29, 1.82) is 10.5 Å². The molecular formula is C14H14ClN3. The molecule has 0 radical (unpaired) electrons. The van der Waals surface area contributed by atoms with Crippen molar-refractivity contribution in [3.05, 3.63) is 28.8 Å². The Morgan fingerprint density at radius 3 is 2.33 bits per heavy atom. The molecule has 1 heterocycles. The maximum absolute atomic E-state index is 9.08. The molecule has 3 nitrogen and oxygen atoms in total. The lowest BCUT2D eigenvalue weighted by Crippen LogP contribution is -2.39. The summed E-state index contributed by atoms with van der Waals surface area (Å²) in [6, 6.07) is 10.1. The largest absolute Gasteiger partial charge is 0.371 e. The van der Waals surface area contributed by atoms with Crippen LogP contribution in [0.1, 0.15) is 18.4 Å². The highest BCUT2D eigenvalue weighted by atomic mass is 35.5. The Bertz CT molecular complexity index is 515. The second-order valence-corrected chi connectivity index (χ2v) is 5.16. The standard InChI is InChI=1S/C14H14ClN3/c1-11-8-12(15)2-3-13(11)18-6-4-14(9-16,10-17)5-7-18/h2-3,8H,4-7H2,1H3. The summed E-state index contributed by atoms with van der Waals surface area (Å²) in [7, 11) is 0. The van der Waals surface area contributed by atoms with Gasteiger partial charge in [-0.15, -0.1) is 0 Å². The molecule has 18 heavy (non-hydrogen) atoms. The Morgan fingerprint density at radius 1 is 1.22 bits per heavy atom. The predicted molar refractivity (Wildman–Crippen MR) is 71.3 cm³/mol. The average molecular weight is 260 g/mol. The van der Waals surface area contributed by atoms with E-state index in [2.05, 4.69) is 17.0 Å². The second-order valence-electron chi connectivity index (χ2n) is 4.72. The zero-order chi connectivity index (χ0) is 13.2. The van der Waals surface area contributed by atoms with Crippen molar-refractivity contribution in [3.8, 4) is 12.1 Å². The van der Waals surface area contributed by atoms with E-state index < -0.39 is 5.41 Å². The van der Waals surface area contributed by atoms with Crippen LogP contribution in [0.5, 0.6) is 0 Å². The molecule has 1 fully saturated rings. The van der Waals surface area contributed by atoms with Gasteiger partial charge in [-0.2, -0.15) is 10.5 Å². The number of benzene rings is 1. The minimum atomic E-state index is -0.795. The Hall–Kier alpha value is -1.71. The first-order valence-corrected chi connectivity index (χ1v) is 6.32. The monoisotopic (exact) mass is 259 g/mol. The Kier molecular flexibility index (Phi) is 3.45. The smallest absolute Gasteiger partial charge is 0.147 e. The van der Waals surface area contributed by atoms with Crippen LogP contribution in [0.15, 0.2) is 18.2 Å². The Labute approximate surface area is 112 Å². The zero-order valence-electron chi connectivity index (χ0n) is 10.3. The molecule has 0 amide bonds. The molecule has 1 aliphatic rings. The van der Waals surface area contributed by atoms with Crippen molar-refractivity contribution in [1.82, 2.24) is 0 Å². The van der Waals surface area contributed by atoms with Crippen molar-refractivity contribution in [3.63, 3.8) is 0 Å². The first-order chi connectivity index (χ1) is 8.60. The number of nitrogens with zero attached hydrogens (tertiary/aromatic N) is 3. The fourth-order valence-corrected chi connectivity index (χ4v) is 2.58. The lowest BCUT2D eigenvalue weighted by atomic mass is 9.81. The molecule has 1 aliphatic heterocycles. The molecule has 0 saturated carbocycles. The van der Waals surface area contributed by atoms with Crippen molar-refractivity contribution >= 4 is 17.3 Å². The van der Waals surface area contributed by atoms with Gasteiger partial charge in [0, 0.05) is 23.8 Å². The molecule has 0 aliphatic carbocycles. The predicted octanol–water partition coefficient (Wildman–Crippen LogP) is 3.28. The minimum Gasteiger partial charge on any atom is -0.371 e. The maximum Gasteiger partial charge on any atom is 0.147 e. The summed E-state index contributed by atoms with van der Waals surface area (Å²) in [5.74, 6) is 0. The molecule has 0 N–H and O–H groups in total. The van der Waals surface area contributed by atoms with Crippen LogP contribution in [0.2, 0.25) is 5.02 Å². The van der Waals surface area contributed by atoms with E-state index in [-0.39, 0.29) is 0 Å². The molecule has 1 aromatic rings. The number of nitriles is 2. The van der Waals surface area contributed by atoms with Gasteiger partial charge in [0.2, 0.25) is 0 Å². The molecule has 92 valence electrons. The van der Waals surface area contributed by atoms with E-state index in [0.717, 1.165) is 29.4 Å². The van der Waals surface area contributed by atoms with Gasteiger partial charge < -0.3 is 4.90 Å². The number of hydrogen-bond donors (Lipinski definition) is 0. The zero-order valence-corrected chi connectivity index (χ0v) is 11.0. The highest BCUT2D eigenvalue weighted by Gasteiger charge is 2.35. The van der Waals surface area contributed by atoms with E-state index in [1.165, 1.54) is 0 Å². The normalized spacial score (nSPS) is 17.9. The molecule has 0 spiro atoms. The highest BCUT2D eigenvalue weighted by molar-refractivity contribution is 6.30. The maximum atomic E-state index is 9.08. The van der Waals surface area contributed by atoms with E-state index in [4.69, 9.17) is 22.1 Å². The lowest BCUT2D eigenvalue weighted by Gasteiger charge is -2.35. The summed E-state index contributed by atoms with van der Waals surface area (Å²) in [5.41, 5.74) is 1.48. The Morgan fingerprint density at radius 2 is 1.83 bits per heavy atom. The molecule has 0 aromatic heterocycles. The molecule has 2 rings (SSSR count).